The van der Waals surface area contributed by atoms with E-state index in [0.717, 1.165) is 32.5 Å². The van der Waals surface area contributed by atoms with Crippen molar-refractivity contribution in [3.8, 4) is 5.82 Å². The van der Waals surface area contributed by atoms with Gasteiger partial charge < -0.3 is 5.11 Å². The van der Waals surface area contributed by atoms with Crippen molar-refractivity contribution >= 4 is 37.7 Å². The summed E-state index contributed by atoms with van der Waals surface area (Å²) >= 11 is 3.51. The summed E-state index contributed by atoms with van der Waals surface area (Å²) in [5.41, 5.74) is 4.71. The summed E-state index contributed by atoms with van der Waals surface area (Å²) in [6.45, 7) is 6.56. The number of hydrogen-bond donors (Lipinski definition) is 1. The highest BCUT2D eigenvalue weighted by Crippen LogP contribution is 2.34. The lowest BCUT2D eigenvalue weighted by Crippen LogP contribution is -2.15. The van der Waals surface area contributed by atoms with Crippen molar-refractivity contribution in [3.05, 3.63) is 106 Å². The van der Waals surface area contributed by atoms with Gasteiger partial charge in [0.15, 0.2) is 0 Å². The van der Waals surface area contributed by atoms with Gasteiger partial charge in [0.05, 0.1) is 16.7 Å². The Hall–Kier alpha value is -2.95. The number of pyridine rings is 1. The molecule has 2 heterocycles. The molecule has 3 aromatic carbocycles. The Morgan fingerprint density at radius 2 is 1.44 bits per heavy atom. The van der Waals surface area contributed by atoms with Gasteiger partial charge in [-0.05, 0) is 52.9 Å². The molecule has 0 aliphatic heterocycles. The number of hydrogen-bond acceptors (Lipinski definition) is 2. The highest BCUT2D eigenvalue weighted by Gasteiger charge is 2.22. The molecule has 32 heavy (non-hydrogen) atoms. The first kappa shape index (κ1) is 20.9. The fourth-order valence-corrected chi connectivity index (χ4v) is 4.66. The smallest absolute Gasteiger partial charge is 0.138 e. The van der Waals surface area contributed by atoms with E-state index >= 15 is 0 Å². The lowest BCUT2D eigenvalue weighted by molar-refractivity contribution is 0.215. The Balaban J connectivity index is 1.79. The zero-order valence-corrected chi connectivity index (χ0v) is 20.0. The predicted molar refractivity (Wildman–Crippen MR) is 135 cm³/mol. The van der Waals surface area contributed by atoms with E-state index in [4.69, 9.17) is 4.98 Å². The van der Waals surface area contributed by atoms with Gasteiger partial charge in [-0.2, -0.15) is 0 Å². The number of benzene rings is 3. The van der Waals surface area contributed by atoms with E-state index in [1.54, 1.807) is 0 Å². The van der Waals surface area contributed by atoms with Gasteiger partial charge in [-0.25, -0.2) is 4.98 Å². The molecule has 0 radical (unpaired) electrons. The normalized spacial score (nSPS) is 13.0. The second-order valence-electron chi connectivity index (χ2n) is 9.22. The fourth-order valence-electron chi connectivity index (χ4n) is 4.24. The minimum atomic E-state index is -0.818. The number of aromatic nitrogens is 2. The first-order chi connectivity index (χ1) is 15.3. The predicted octanol–water partition coefficient (Wildman–Crippen LogP) is 7.32. The van der Waals surface area contributed by atoms with Crippen LogP contribution in [0.4, 0.5) is 0 Å². The van der Waals surface area contributed by atoms with E-state index in [1.165, 1.54) is 10.8 Å². The van der Waals surface area contributed by atoms with Gasteiger partial charge in [0.2, 0.25) is 0 Å². The van der Waals surface area contributed by atoms with E-state index < -0.39 is 6.10 Å². The molecule has 1 N–H and O–H groups in total. The first-order valence-corrected chi connectivity index (χ1v) is 11.6. The lowest BCUT2D eigenvalue weighted by atomic mass is 9.86. The fraction of sp³-hybridized carbons (Fsp3) is 0.179. The van der Waals surface area contributed by atoms with Gasteiger partial charge in [0.1, 0.15) is 11.9 Å². The molecule has 160 valence electrons. The molecule has 1 unspecified atom stereocenters. The van der Waals surface area contributed by atoms with E-state index in [0.29, 0.717) is 5.69 Å². The highest BCUT2D eigenvalue weighted by atomic mass is 79.9. The van der Waals surface area contributed by atoms with Gasteiger partial charge in [0, 0.05) is 15.2 Å². The topological polar surface area (TPSA) is 38.1 Å². The number of para-hydroxylation sites is 2. The number of aliphatic hydroxyl groups is 1. The van der Waals surface area contributed by atoms with Crippen LogP contribution in [0.3, 0.4) is 0 Å². The Bertz CT molecular complexity index is 1390. The minimum absolute atomic E-state index is 0.0950. The monoisotopic (exact) mass is 484 g/mol. The molecule has 0 aliphatic rings. The van der Waals surface area contributed by atoms with Crippen LogP contribution in [0.2, 0.25) is 0 Å². The van der Waals surface area contributed by atoms with Crippen molar-refractivity contribution in [2.75, 3.05) is 0 Å². The largest absolute Gasteiger partial charge is 0.382 e. The van der Waals surface area contributed by atoms with Crippen LogP contribution in [0.5, 0.6) is 0 Å². The van der Waals surface area contributed by atoms with E-state index in [-0.39, 0.29) is 5.41 Å². The maximum atomic E-state index is 11.3. The SMILES string of the molecule is CC(C)(C)c1cc(C(O)c2cccc(Br)c2)nc(-n2c3ccccc3c3ccccc32)c1. The number of fused-ring (bicyclic) bond motifs is 3. The molecular formula is C28H25BrN2O. The summed E-state index contributed by atoms with van der Waals surface area (Å²) in [6.07, 6.45) is -0.818. The summed E-state index contributed by atoms with van der Waals surface area (Å²) in [7, 11) is 0. The molecule has 0 aliphatic carbocycles. The van der Waals surface area contributed by atoms with Gasteiger partial charge in [-0.1, -0.05) is 85.2 Å². The number of nitrogens with zero attached hydrogens (tertiary/aromatic N) is 2. The van der Waals surface area contributed by atoms with Crippen LogP contribution < -0.4 is 0 Å². The highest BCUT2D eigenvalue weighted by molar-refractivity contribution is 9.10. The summed E-state index contributed by atoms with van der Waals surface area (Å²) in [4.78, 5) is 4.99. The van der Waals surface area contributed by atoms with Crippen LogP contribution >= 0.6 is 15.9 Å². The van der Waals surface area contributed by atoms with Gasteiger partial charge in [0.25, 0.3) is 0 Å². The Morgan fingerprint density at radius 1 is 0.812 bits per heavy atom. The van der Waals surface area contributed by atoms with Crippen LogP contribution in [-0.2, 0) is 5.41 Å². The van der Waals surface area contributed by atoms with Crippen LogP contribution in [0, 0.1) is 0 Å². The molecule has 5 aromatic rings. The number of aliphatic hydroxyl groups excluding tert-OH is 1. The molecule has 0 spiro atoms. The van der Waals surface area contributed by atoms with Crippen molar-refractivity contribution in [3.63, 3.8) is 0 Å². The summed E-state index contributed by atoms with van der Waals surface area (Å²) in [5, 5.41) is 13.7. The second kappa shape index (κ2) is 7.88. The van der Waals surface area contributed by atoms with Crippen molar-refractivity contribution < 1.29 is 5.11 Å². The summed E-state index contributed by atoms with van der Waals surface area (Å²) in [5.74, 6) is 0.818. The second-order valence-corrected chi connectivity index (χ2v) is 10.1. The molecule has 0 fully saturated rings. The Labute approximate surface area is 196 Å². The van der Waals surface area contributed by atoms with Crippen molar-refractivity contribution in [2.45, 2.75) is 32.3 Å². The van der Waals surface area contributed by atoms with E-state index in [2.05, 4.69) is 95.9 Å². The standard InChI is InChI=1S/C28H25BrN2O/c1-28(2,3)19-16-23(27(32)18-9-8-10-20(29)15-18)30-26(17-19)31-24-13-6-4-11-21(24)22-12-5-7-14-25(22)31/h4-17,27,32H,1-3H3. The van der Waals surface area contributed by atoms with Gasteiger partial charge >= 0.3 is 0 Å². The quantitative estimate of drug-likeness (QED) is 0.291. The molecule has 2 aromatic heterocycles. The van der Waals surface area contributed by atoms with Crippen LogP contribution in [-0.4, -0.2) is 14.7 Å². The third-order valence-electron chi connectivity index (χ3n) is 5.95. The first-order valence-electron chi connectivity index (χ1n) is 10.8. The van der Waals surface area contributed by atoms with Crippen molar-refractivity contribution in [2.24, 2.45) is 0 Å². The molecule has 0 bridgehead atoms. The maximum Gasteiger partial charge on any atom is 0.138 e. The molecule has 4 heteroatoms. The third kappa shape index (κ3) is 3.64. The number of rotatable bonds is 3. The van der Waals surface area contributed by atoms with E-state index in [9.17, 15) is 5.11 Å². The summed E-state index contributed by atoms with van der Waals surface area (Å²) in [6, 6.07) is 28.8. The van der Waals surface area contributed by atoms with Crippen LogP contribution in [0.1, 0.15) is 43.7 Å². The minimum Gasteiger partial charge on any atom is -0.382 e. The van der Waals surface area contributed by atoms with E-state index in [1.807, 2.05) is 30.3 Å². The molecule has 0 saturated carbocycles. The molecule has 5 rings (SSSR count). The zero-order valence-electron chi connectivity index (χ0n) is 18.4. The van der Waals surface area contributed by atoms with Crippen LogP contribution in [0.25, 0.3) is 27.6 Å². The molecular weight excluding hydrogens is 460 g/mol. The molecule has 0 amide bonds. The lowest BCUT2D eigenvalue weighted by Gasteiger charge is -2.23. The molecule has 0 saturated heterocycles. The van der Waals surface area contributed by atoms with Crippen molar-refractivity contribution in [1.82, 2.24) is 9.55 Å². The zero-order chi connectivity index (χ0) is 22.5. The van der Waals surface area contributed by atoms with Crippen molar-refractivity contribution in [1.29, 1.82) is 0 Å². The van der Waals surface area contributed by atoms with Gasteiger partial charge in [-0.15, -0.1) is 0 Å². The maximum absolute atomic E-state index is 11.3. The molecule has 1 atom stereocenters. The average molecular weight is 485 g/mol. The Morgan fingerprint density at radius 3 is 2.03 bits per heavy atom. The van der Waals surface area contributed by atoms with Crippen LogP contribution in [0.15, 0.2) is 89.4 Å². The number of halogens is 1. The summed E-state index contributed by atoms with van der Waals surface area (Å²) < 4.78 is 3.14. The average Bonchev–Trinajstić information content (AvgIpc) is 3.12. The third-order valence-corrected chi connectivity index (χ3v) is 6.44. The van der Waals surface area contributed by atoms with Gasteiger partial charge in [-0.3, -0.25) is 4.57 Å². The molecule has 3 nitrogen and oxygen atoms in total. The Kier molecular flexibility index (Phi) is 5.15.